The average Bonchev–Trinajstić information content (AvgIpc) is 3.29. The molecule has 4 rings (SSSR count). The van der Waals surface area contributed by atoms with Crippen LogP contribution in [-0.4, -0.2) is 36.1 Å². The van der Waals surface area contributed by atoms with Gasteiger partial charge in [-0.3, -0.25) is 9.59 Å². The number of amides is 2. The predicted molar refractivity (Wildman–Crippen MR) is 118 cm³/mol. The van der Waals surface area contributed by atoms with Gasteiger partial charge < -0.3 is 19.5 Å². The topological polar surface area (TPSA) is 63.6 Å². The van der Waals surface area contributed by atoms with E-state index in [1.807, 2.05) is 31.2 Å². The van der Waals surface area contributed by atoms with Gasteiger partial charge in [-0.1, -0.05) is 12.1 Å². The van der Waals surface area contributed by atoms with Crippen LogP contribution in [0.3, 0.4) is 0 Å². The number of hydrogen-bond donors (Lipinski definition) is 1. The molecular formula is C24H26FN3O3. The smallest absolute Gasteiger partial charge is 0.270 e. The Balaban J connectivity index is 1.57. The third kappa shape index (κ3) is 4.13. The van der Waals surface area contributed by atoms with Crippen molar-refractivity contribution >= 4 is 28.4 Å². The van der Waals surface area contributed by atoms with Crippen molar-refractivity contribution in [3.8, 4) is 5.75 Å². The van der Waals surface area contributed by atoms with E-state index < -0.39 is 5.82 Å². The molecule has 3 aromatic rings. The molecule has 1 fully saturated rings. The minimum absolute atomic E-state index is 0.0415. The van der Waals surface area contributed by atoms with Gasteiger partial charge in [0.2, 0.25) is 5.91 Å². The highest BCUT2D eigenvalue weighted by Crippen LogP contribution is 2.36. The Kier molecular flexibility index (Phi) is 5.93. The Bertz CT molecular complexity index is 1120. The number of benzene rings is 2. The van der Waals surface area contributed by atoms with Gasteiger partial charge in [0, 0.05) is 31.9 Å². The zero-order chi connectivity index (χ0) is 22.0. The van der Waals surface area contributed by atoms with Crippen LogP contribution in [0.4, 0.5) is 10.1 Å². The Hall–Kier alpha value is -3.35. The maximum absolute atomic E-state index is 14.0. The highest BCUT2D eigenvalue weighted by atomic mass is 19.1. The molecule has 0 bridgehead atoms. The fourth-order valence-electron chi connectivity index (χ4n) is 4.14. The minimum atomic E-state index is -0.395. The van der Waals surface area contributed by atoms with E-state index in [4.69, 9.17) is 4.74 Å². The second kappa shape index (κ2) is 8.79. The molecule has 7 heteroatoms. The summed E-state index contributed by atoms with van der Waals surface area (Å²) in [5.41, 5.74) is 2.67. The van der Waals surface area contributed by atoms with Crippen molar-refractivity contribution in [2.24, 2.45) is 7.05 Å². The number of rotatable bonds is 7. The molecule has 2 aromatic carbocycles. The van der Waals surface area contributed by atoms with Crippen LogP contribution in [0.5, 0.6) is 5.75 Å². The first-order valence-electron chi connectivity index (χ1n) is 10.6. The second-order valence-electron chi connectivity index (χ2n) is 7.65. The van der Waals surface area contributed by atoms with Gasteiger partial charge in [0.15, 0.2) is 0 Å². The molecule has 0 radical (unpaired) electrons. The number of halogens is 1. The number of aromatic nitrogens is 1. The number of nitrogens with zero attached hydrogens (tertiary/aromatic N) is 2. The van der Waals surface area contributed by atoms with Crippen LogP contribution in [0, 0.1) is 5.82 Å². The van der Waals surface area contributed by atoms with Crippen LogP contribution in [0.1, 0.15) is 35.8 Å². The maximum atomic E-state index is 14.0. The summed E-state index contributed by atoms with van der Waals surface area (Å²) in [4.78, 5) is 27.2. The summed E-state index contributed by atoms with van der Waals surface area (Å²) in [6.07, 6.45) is 1.82. The number of anilines is 1. The fraction of sp³-hybridized carbons (Fsp3) is 0.333. The predicted octanol–water partition coefficient (Wildman–Crippen LogP) is 3.82. The van der Waals surface area contributed by atoms with Crippen LogP contribution in [0.2, 0.25) is 0 Å². The Morgan fingerprint density at radius 2 is 1.97 bits per heavy atom. The highest BCUT2D eigenvalue weighted by molar-refractivity contribution is 6.14. The molecule has 162 valence electrons. The lowest BCUT2D eigenvalue weighted by Gasteiger charge is -2.18. The van der Waals surface area contributed by atoms with E-state index in [9.17, 15) is 14.0 Å². The van der Waals surface area contributed by atoms with E-state index in [1.54, 1.807) is 22.6 Å². The van der Waals surface area contributed by atoms with E-state index in [0.717, 1.165) is 17.7 Å². The first kappa shape index (κ1) is 20.9. The Morgan fingerprint density at radius 3 is 2.65 bits per heavy atom. The van der Waals surface area contributed by atoms with Crippen molar-refractivity contribution in [1.29, 1.82) is 0 Å². The highest BCUT2D eigenvalue weighted by Gasteiger charge is 2.31. The van der Waals surface area contributed by atoms with E-state index in [2.05, 4.69) is 5.32 Å². The van der Waals surface area contributed by atoms with Gasteiger partial charge in [0.05, 0.1) is 17.8 Å². The number of carbonyl (C=O) groups excluding carboxylic acids is 2. The minimum Gasteiger partial charge on any atom is -0.494 e. The lowest BCUT2D eigenvalue weighted by Crippen LogP contribution is -2.31. The molecule has 2 heterocycles. The SMILES string of the molecule is CCOc1ccc(CCNC(=O)c2c(N3CCCC3=O)c3cc(F)ccc3n2C)cc1. The number of nitrogens with one attached hydrogen (secondary N) is 1. The van der Waals surface area contributed by atoms with Gasteiger partial charge in [-0.2, -0.15) is 0 Å². The van der Waals surface area contributed by atoms with Gasteiger partial charge in [-0.15, -0.1) is 0 Å². The van der Waals surface area contributed by atoms with Crippen LogP contribution < -0.4 is 15.0 Å². The number of hydrogen-bond acceptors (Lipinski definition) is 3. The van der Waals surface area contributed by atoms with Crippen molar-refractivity contribution in [2.75, 3.05) is 24.6 Å². The average molecular weight is 423 g/mol. The summed E-state index contributed by atoms with van der Waals surface area (Å²) in [7, 11) is 1.77. The zero-order valence-corrected chi connectivity index (χ0v) is 17.8. The lowest BCUT2D eigenvalue weighted by atomic mass is 10.1. The van der Waals surface area contributed by atoms with E-state index in [0.29, 0.717) is 54.8 Å². The van der Waals surface area contributed by atoms with Gasteiger partial charge in [0.1, 0.15) is 17.3 Å². The molecule has 1 aliphatic heterocycles. The first-order chi connectivity index (χ1) is 15.0. The van der Waals surface area contributed by atoms with Gasteiger partial charge in [0.25, 0.3) is 5.91 Å². The molecule has 1 N–H and O–H groups in total. The second-order valence-corrected chi connectivity index (χ2v) is 7.65. The standard InChI is InChI=1S/C24H26FN3O3/c1-3-31-18-9-6-16(7-10-18)12-13-26-24(30)23-22(28-14-4-5-21(28)29)19-15-17(25)8-11-20(19)27(23)2/h6-11,15H,3-5,12-14H2,1-2H3,(H,26,30). The number of fused-ring (bicyclic) bond motifs is 1. The Morgan fingerprint density at radius 1 is 1.19 bits per heavy atom. The summed E-state index contributed by atoms with van der Waals surface area (Å²) >= 11 is 0. The quantitative estimate of drug-likeness (QED) is 0.629. The number of carbonyl (C=O) groups is 2. The summed E-state index contributed by atoms with van der Waals surface area (Å²) in [5.74, 6) is 0.103. The van der Waals surface area contributed by atoms with E-state index >= 15 is 0 Å². The van der Waals surface area contributed by atoms with Crippen LogP contribution in [-0.2, 0) is 18.3 Å². The molecule has 31 heavy (non-hydrogen) atoms. The van der Waals surface area contributed by atoms with Crippen LogP contribution >= 0.6 is 0 Å². The third-order valence-corrected chi connectivity index (χ3v) is 5.63. The van der Waals surface area contributed by atoms with Gasteiger partial charge in [-0.25, -0.2) is 4.39 Å². The molecule has 1 aromatic heterocycles. The molecule has 0 saturated carbocycles. The molecule has 0 aliphatic carbocycles. The van der Waals surface area contributed by atoms with Crippen molar-refractivity contribution in [3.05, 3.63) is 59.5 Å². The summed E-state index contributed by atoms with van der Waals surface area (Å²) in [6.45, 7) is 3.53. The monoisotopic (exact) mass is 423 g/mol. The van der Waals surface area contributed by atoms with E-state index in [1.165, 1.54) is 12.1 Å². The first-order valence-corrected chi connectivity index (χ1v) is 10.6. The zero-order valence-electron chi connectivity index (χ0n) is 17.8. The van der Waals surface area contributed by atoms with Crippen LogP contribution in [0.25, 0.3) is 10.9 Å². The molecule has 0 atom stereocenters. The van der Waals surface area contributed by atoms with Crippen molar-refractivity contribution in [1.82, 2.24) is 9.88 Å². The van der Waals surface area contributed by atoms with Crippen LogP contribution in [0.15, 0.2) is 42.5 Å². The van der Waals surface area contributed by atoms with E-state index in [-0.39, 0.29) is 11.8 Å². The van der Waals surface area contributed by atoms with Crippen molar-refractivity contribution < 1.29 is 18.7 Å². The Labute approximate surface area is 180 Å². The molecule has 1 aliphatic rings. The molecule has 1 saturated heterocycles. The summed E-state index contributed by atoms with van der Waals surface area (Å²) in [5, 5.41) is 3.54. The fourth-order valence-corrected chi connectivity index (χ4v) is 4.14. The summed E-state index contributed by atoms with van der Waals surface area (Å²) in [6, 6.07) is 12.2. The lowest BCUT2D eigenvalue weighted by molar-refractivity contribution is -0.117. The molecule has 6 nitrogen and oxygen atoms in total. The molecule has 0 unspecified atom stereocenters. The van der Waals surface area contributed by atoms with Crippen molar-refractivity contribution in [3.63, 3.8) is 0 Å². The third-order valence-electron chi connectivity index (χ3n) is 5.63. The van der Waals surface area contributed by atoms with Crippen molar-refractivity contribution in [2.45, 2.75) is 26.2 Å². The normalized spacial score (nSPS) is 13.8. The summed E-state index contributed by atoms with van der Waals surface area (Å²) < 4.78 is 21.2. The number of aryl methyl sites for hydroxylation is 1. The largest absolute Gasteiger partial charge is 0.494 e. The van der Waals surface area contributed by atoms with Gasteiger partial charge >= 0.3 is 0 Å². The maximum Gasteiger partial charge on any atom is 0.270 e. The molecule has 0 spiro atoms. The van der Waals surface area contributed by atoms with Gasteiger partial charge in [-0.05, 0) is 55.7 Å². The molecule has 2 amide bonds. The molecular weight excluding hydrogens is 397 g/mol. The number of ether oxygens (including phenoxy) is 1.